The van der Waals surface area contributed by atoms with Gasteiger partial charge >= 0.3 is 0 Å². The van der Waals surface area contributed by atoms with Crippen molar-refractivity contribution in [3.05, 3.63) is 24.3 Å². The second-order valence-electron chi connectivity index (χ2n) is 3.43. The molecule has 0 bridgehead atoms. The van der Waals surface area contributed by atoms with E-state index in [-0.39, 0.29) is 5.25 Å². The van der Waals surface area contributed by atoms with Crippen LogP contribution in [0.1, 0.15) is 6.92 Å². The number of thioether (sulfide) groups is 1. The Morgan fingerprint density at radius 3 is 2.94 bits per heavy atom. The fourth-order valence-corrected chi connectivity index (χ4v) is 2.08. The van der Waals surface area contributed by atoms with Crippen LogP contribution in [0.15, 0.2) is 29.4 Å². The lowest BCUT2D eigenvalue weighted by Gasteiger charge is -2.09. The maximum absolute atomic E-state index is 8.82. The molecule has 0 unspecified atom stereocenters. The maximum atomic E-state index is 8.82. The van der Waals surface area contributed by atoms with Crippen LogP contribution < -0.4 is 4.74 Å². The number of aromatic nitrogens is 4. The van der Waals surface area contributed by atoms with Gasteiger partial charge in [0.15, 0.2) is 0 Å². The van der Waals surface area contributed by atoms with Gasteiger partial charge in [0.2, 0.25) is 5.16 Å². The number of rotatable bonds is 4. The first-order valence-corrected chi connectivity index (χ1v) is 6.12. The lowest BCUT2D eigenvalue weighted by Crippen LogP contribution is -2.03. The smallest absolute Gasteiger partial charge is 0.215 e. The van der Waals surface area contributed by atoms with Crippen LogP contribution in [0.4, 0.5) is 0 Å². The summed E-state index contributed by atoms with van der Waals surface area (Å²) in [5.74, 6) is 0.677. The molecule has 7 heteroatoms. The minimum absolute atomic E-state index is 0.218. The third kappa shape index (κ3) is 2.43. The van der Waals surface area contributed by atoms with E-state index in [9.17, 15) is 0 Å². The molecular formula is C11H11N5OS. The Labute approximate surface area is 109 Å². The minimum atomic E-state index is -0.218. The van der Waals surface area contributed by atoms with Crippen LogP contribution in [0.5, 0.6) is 5.75 Å². The monoisotopic (exact) mass is 261 g/mol. The number of benzene rings is 1. The number of nitriles is 1. The number of ether oxygens (including phenoxy) is 1. The van der Waals surface area contributed by atoms with Crippen molar-refractivity contribution in [3.8, 4) is 17.5 Å². The molecule has 1 aromatic heterocycles. The van der Waals surface area contributed by atoms with Crippen molar-refractivity contribution in [3.63, 3.8) is 0 Å². The number of methoxy groups -OCH3 is 1. The highest BCUT2D eigenvalue weighted by molar-refractivity contribution is 8.00. The van der Waals surface area contributed by atoms with Crippen LogP contribution >= 0.6 is 11.8 Å². The molecule has 0 radical (unpaired) electrons. The van der Waals surface area contributed by atoms with Crippen LogP contribution in [0.25, 0.3) is 5.69 Å². The summed E-state index contributed by atoms with van der Waals surface area (Å²) >= 11 is 1.30. The summed E-state index contributed by atoms with van der Waals surface area (Å²) < 4.78 is 6.83. The topological polar surface area (TPSA) is 76.6 Å². The minimum Gasteiger partial charge on any atom is -0.494 e. The summed E-state index contributed by atoms with van der Waals surface area (Å²) in [5.41, 5.74) is 0.748. The molecule has 0 amide bonds. The zero-order valence-corrected chi connectivity index (χ0v) is 10.8. The molecule has 0 saturated heterocycles. The Morgan fingerprint density at radius 2 is 2.22 bits per heavy atom. The molecule has 0 aliphatic carbocycles. The van der Waals surface area contributed by atoms with Crippen molar-refractivity contribution in [2.75, 3.05) is 7.11 Å². The SMILES string of the molecule is COc1ccccc1-n1nnnc1S[C@H](C)C#N. The van der Waals surface area contributed by atoms with Crippen molar-refractivity contribution < 1.29 is 4.74 Å². The van der Waals surface area contributed by atoms with Gasteiger partial charge in [0.25, 0.3) is 0 Å². The van der Waals surface area contributed by atoms with Crippen molar-refractivity contribution in [1.29, 1.82) is 5.26 Å². The molecule has 6 nitrogen and oxygen atoms in total. The first kappa shape index (κ1) is 12.4. The number of hydrogen-bond donors (Lipinski definition) is 0. The van der Waals surface area contributed by atoms with Crippen molar-refractivity contribution >= 4 is 11.8 Å². The molecule has 0 fully saturated rings. The van der Waals surface area contributed by atoms with Gasteiger partial charge in [0, 0.05) is 0 Å². The van der Waals surface area contributed by atoms with Gasteiger partial charge in [-0.3, -0.25) is 0 Å². The molecule has 18 heavy (non-hydrogen) atoms. The first-order valence-electron chi connectivity index (χ1n) is 5.24. The first-order chi connectivity index (χ1) is 8.76. The molecule has 1 heterocycles. The van der Waals surface area contributed by atoms with E-state index < -0.39 is 0 Å². The van der Waals surface area contributed by atoms with E-state index in [0.717, 1.165) is 5.69 Å². The second-order valence-corrected chi connectivity index (χ2v) is 4.74. The molecule has 0 N–H and O–H groups in total. The number of hydrogen-bond acceptors (Lipinski definition) is 6. The van der Waals surface area contributed by atoms with Crippen molar-refractivity contribution in [2.45, 2.75) is 17.3 Å². The Kier molecular flexibility index (Phi) is 3.79. The number of tetrazole rings is 1. The van der Waals surface area contributed by atoms with E-state index >= 15 is 0 Å². The summed E-state index contributed by atoms with van der Waals surface area (Å²) in [4.78, 5) is 0. The third-order valence-corrected chi connectivity index (χ3v) is 3.14. The van der Waals surface area contributed by atoms with E-state index in [1.165, 1.54) is 11.8 Å². The molecular weight excluding hydrogens is 250 g/mol. The maximum Gasteiger partial charge on any atom is 0.215 e. The summed E-state index contributed by atoms with van der Waals surface area (Å²) in [7, 11) is 1.59. The molecule has 0 saturated carbocycles. The summed E-state index contributed by atoms with van der Waals surface area (Å²) in [6.45, 7) is 1.80. The lowest BCUT2D eigenvalue weighted by molar-refractivity contribution is 0.410. The summed E-state index contributed by atoms with van der Waals surface area (Å²) in [6.07, 6.45) is 0. The molecule has 92 valence electrons. The number of para-hydroxylation sites is 2. The predicted molar refractivity (Wildman–Crippen MR) is 66.6 cm³/mol. The zero-order chi connectivity index (χ0) is 13.0. The summed E-state index contributed by atoms with van der Waals surface area (Å²) in [5, 5.41) is 20.6. The fourth-order valence-electron chi connectivity index (χ4n) is 1.39. The van der Waals surface area contributed by atoms with Gasteiger partial charge in [-0.25, -0.2) is 0 Å². The van der Waals surface area contributed by atoms with Gasteiger partial charge in [-0.15, -0.1) is 5.10 Å². The highest BCUT2D eigenvalue weighted by Gasteiger charge is 2.15. The van der Waals surface area contributed by atoms with Crippen LogP contribution in [0, 0.1) is 11.3 Å². The Balaban J connectivity index is 2.40. The van der Waals surface area contributed by atoms with Crippen LogP contribution in [-0.4, -0.2) is 32.6 Å². The average molecular weight is 261 g/mol. The van der Waals surface area contributed by atoms with E-state index in [0.29, 0.717) is 10.9 Å². The fraction of sp³-hybridized carbons (Fsp3) is 0.273. The molecule has 2 rings (SSSR count). The van der Waals surface area contributed by atoms with Crippen molar-refractivity contribution in [1.82, 2.24) is 20.2 Å². The van der Waals surface area contributed by atoms with E-state index in [1.807, 2.05) is 24.3 Å². The van der Waals surface area contributed by atoms with Crippen LogP contribution in [0.3, 0.4) is 0 Å². The normalized spacial score (nSPS) is 11.8. The Morgan fingerprint density at radius 1 is 1.44 bits per heavy atom. The second kappa shape index (κ2) is 5.51. The van der Waals surface area contributed by atoms with Crippen molar-refractivity contribution in [2.24, 2.45) is 0 Å². The molecule has 1 atom stereocenters. The molecule has 0 aliphatic rings. The van der Waals surface area contributed by atoms with Gasteiger partial charge in [0.05, 0.1) is 18.4 Å². The Hall–Kier alpha value is -2.07. The standard InChI is InChI=1S/C11H11N5OS/c1-8(7-12)18-11-13-14-15-16(11)9-5-3-4-6-10(9)17-2/h3-6,8H,1-2H3/t8-/m1/s1. The average Bonchev–Trinajstić information content (AvgIpc) is 2.86. The van der Waals surface area contributed by atoms with E-state index in [1.54, 1.807) is 18.7 Å². The van der Waals surface area contributed by atoms with Gasteiger partial charge in [-0.05, 0) is 29.5 Å². The molecule has 0 spiro atoms. The highest BCUT2D eigenvalue weighted by atomic mass is 32.2. The van der Waals surface area contributed by atoms with E-state index in [4.69, 9.17) is 10.00 Å². The lowest BCUT2D eigenvalue weighted by atomic mass is 10.3. The predicted octanol–water partition coefficient (Wildman–Crippen LogP) is 1.68. The van der Waals surface area contributed by atoms with Gasteiger partial charge in [-0.2, -0.15) is 9.94 Å². The third-order valence-electron chi connectivity index (χ3n) is 2.22. The van der Waals surface area contributed by atoms with Gasteiger partial charge in [-0.1, -0.05) is 23.9 Å². The zero-order valence-electron chi connectivity index (χ0n) is 9.94. The quantitative estimate of drug-likeness (QED) is 0.779. The van der Waals surface area contributed by atoms with Crippen LogP contribution in [0.2, 0.25) is 0 Å². The number of nitrogens with zero attached hydrogens (tertiary/aromatic N) is 5. The highest BCUT2D eigenvalue weighted by Crippen LogP contribution is 2.27. The molecule has 0 aliphatic heterocycles. The van der Waals surface area contributed by atoms with E-state index in [2.05, 4.69) is 21.6 Å². The van der Waals surface area contributed by atoms with Gasteiger partial charge in [0.1, 0.15) is 11.4 Å². The molecule has 1 aromatic carbocycles. The molecule has 2 aromatic rings. The van der Waals surface area contributed by atoms with Crippen LogP contribution in [-0.2, 0) is 0 Å². The largest absolute Gasteiger partial charge is 0.494 e. The summed E-state index contributed by atoms with van der Waals surface area (Å²) in [6, 6.07) is 9.57. The Bertz CT molecular complexity index is 577. The van der Waals surface area contributed by atoms with Gasteiger partial charge < -0.3 is 4.74 Å².